The quantitative estimate of drug-likeness (QED) is 0.566. The maximum atomic E-state index is 7.66. The summed E-state index contributed by atoms with van der Waals surface area (Å²) < 4.78 is 15.3. The lowest BCUT2D eigenvalue weighted by Gasteiger charge is -2.15. The third-order valence-corrected chi connectivity index (χ3v) is 1.76. The topological polar surface area (TPSA) is 12.0 Å². The normalized spacial score (nSPS) is 24.4. The van der Waals surface area contributed by atoms with Crippen LogP contribution in [0.3, 0.4) is 0 Å². The van der Waals surface area contributed by atoms with Crippen LogP contribution >= 0.6 is 0 Å². The molecule has 0 radical (unpaired) electrons. The Hall–Kier alpha value is -0.820. The van der Waals surface area contributed by atoms with Gasteiger partial charge in [-0.2, -0.15) is 0 Å². The van der Waals surface area contributed by atoms with Crippen molar-refractivity contribution in [2.24, 2.45) is 0 Å². The molecule has 1 heteroatoms. The molecule has 1 N–H and O–H groups in total. The lowest BCUT2D eigenvalue weighted by atomic mass is 10.0. The summed E-state index contributed by atoms with van der Waals surface area (Å²) in [6, 6.07) is 7.68. The molecule has 0 saturated heterocycles. The Morgan fingerprint density at radius 1 is 1.30 bits per heavy atom. The van der Waals surface area contributed by atoms with Gasteiger partial charge in [-0.05, 0) is 24.1 Å². The maximum absolute atomic E-state index is 7.66. The molecule has 2 rings (SSSR count). The minimum Gasteiger partial charge on any atom is -0.312 e. The first-order valence-electron chi connectivity index (χ1n) is 4.53. The summed E-state index contributed by atoms with van der Waals surface area (Å²) in [5.74, 6) is 0. The lowest BCUT2D eigenvalue weighted by Crippen LogP contribution is -2.23. The Bertz CT molecular complexity index is 296. The van der Waals surface area contributed by atoms with Gasteiger partial charge in [0, 0.05) is 9.24 Å². The summed E-state index contributed by atoms with van der Waals surface area (Å²) in [6.45, 7) is -0.612. The van der Waals surface area contributed by atoms with Crippen LogP contribution in [-0.4, -0.2) is 6.54 Å². The first-order valence-corrected chi connectivity index (χ1v) is 3.53. The first-order chi connectivity index (χ1) is 5.70. The number of hydrogen-bond donors (Lipinski definition) is 1. The number of rotatable bonds is 0. The van der Waals surface area contributed by atoms with E-state index in [-0.39, 0.29) is 0 Å². The van der Waals surface area contributed by atoms with E-state index in [0.29, 0.717) is 0 Å². The van der Waals surface area contributed by atoms with Crippen LogP contribution in [0.1, 0.15) is 13.9 Å². The van der Waals surface area contributed by atoms with Crippen molar-refractivity contribution < 1.29 is 2.74 Å². The fourth-order valence-corrected chi connectivity index (χ4v) is 1.22. The van der Waals surface area contributed by atoms with Gasteiger partial charge < -0.3 is 5.32 Å². The Morgan fingerprint density at radius 3 is 2.90 bits per heavy atom. The monoisotopic (exact) mass is 135 g/mol. The Kier molecular flexibility index (Phi) is 1.01. The summed E-state index contributed by atoms with van der Waals surface area (Å²) in [4.78, 5) is 0. The zero-order valence-corrected chi connectivity index (χ0v) is 5.72. The Morgan fingerprint density at radius 2 is 2.10 bits per heavy atom. The molecule has 0 spiro atoms. The highest BCUT2D eigenvalue weighted by Crippen LogP contribution is 2.11. The summed E-state index contributed by atoms with van der Waals surface area (Å²) in [5, 5.41) is 2.85. The van der Waals surface area contributed by atoms with Crippen molar-refractivity contribution in [1.82, 2.24) is 5.32 Å². The molecule has 1 aliphatic heterocycles. The highest BCUT2D eigenvalue weighted by atomic mass is 14.9. The number of fused-ring (bicyclic) bond motifs is 1. The third kappa shape index (κ3) is 0.929. The molecular formula is C9H11N. The average molecular weight is 135 g/mol. The predicted molar refractivity (Wildman–Crippen MR) is 41.9 cm³/mol. The molecule has 1 aliphatic rings. The molecule has 0 aliphatic carbocycles. The summed E-state index contributed by atoms with van der Waals surface area (Å²) >= 11 is 0. The van der Waals surface area contributed by atoms with Crippen LogP contribution < -0.4 is 5.32 Å². The van der Waals surface area contributed by atoms with Gasteiger partial charge in [0.2, 0.25) is 0 Å². The molecule has 52 valence electrons. The van der Waals surface area contributed by atoms with Crippen LogP contribution in [0.4, 0.5) is 0 Å². The number of nitrogens with one attached hydrogen (secondary N) is 1. The van der Waals surface area contributed by atoms with Gasteiger partial charge in [0.1, 0.15) is 0 Å². The largest absolute Gasteiger partial charge is 0.312 e. The van der Waals surface area contributed by atoms with Gasteiger partial charge >= 0.3 is 0 Å². The van der Waals surface area contributed by atoms with Gasteiger partial charge in [0.25, 0.3) is 0 Å². The van der Waals surface area contributed by atoms with E-state index in [9.17, 15) is 0 Å². The number of benzene rings is 1. The van der Waals surface area contributed by atoms with Crippen molar-refractivity contribution in [1.29, 1.82) is 0 Å². The van der Waals surface area contributed by atoms with Crippen molar-refractivity contribution in [2.45, 2.75) is 12.9 Å². The van der Waals surface area contributed by atoms with Crippen LogP contribution in [-0.2, 0) is 12.9 Å². The summed E-state index contributed by atoms with van der Waals surface area (Å²) in [5.41, 5.74) is 1.91. The Balaban J connectivity index is 2.52. The van der Waals surface area contributed by atoms with E-state index in [1.54, 1.807) is 0 Å². The van der Waals surface area contributed by atoms with Crippen molar-refractivity contribution in [2.75, 3.05) is 6.54 Å². The zero-order chi connectivity index (χ0) is 8.60. The second-order valence-corrected chi connectivity index (χ2v) is 2.46. The predicted octanol–water partition coefficient (Wildman–Crippen LogP) is 1.33. The summed E-state index contributed by atoms with van der Waals surface area (Å²) in [7, 11) is 0. The van der Waals surface area contributed by atoms with E-state index in [2.05, 4.69) is 5.32 Å². The average Bonchev–Trinajstić information content (AvgIpc) is 2.04. The highest BCUT2D eigenvalue weighted by Gasteiger charge is 2.05. The van der Waals surface area contributed by atoms with Crippen molar-refractivity contribution in [3.05, 3.63) is 35.4 Å². The molecule has 1 aromatic carbocycles. The fraction of sp³-hybridized carbons (Fsp3) is 0.333. The van der Waals surface area contributed by atoms with E-state index in [1.807, 2.05) is 24.3 Å². The van der Waals surface area contributed by atoms with Crippen LogP contribution in [0.25, 0.3) is 0 Å². The molecular weight excluding hydrogens is 122 g/mol. The molecule has 0 bridgehead atoms. The minimum atomic E-state index is -1.34. The smallest absolute Gasteiger partial charge is 0.0479 e. The van der Waals surface area contributed by atoms with Gasteiger partial charge in [0.15, 0.2) is 0 Å². The molecule has 0 aromatic heterocycles. The molecule has 0 fully saturated rings. The van der Waals surface area contributed by atoms with Crippen LogP contribution in [0, 0.1) is 0 Å². The molecule has 10 heavy (non-hydrogen) atoms. The molecule has 1 heterocycles. The second-order valence-electron chi connectivity index (χ2n) is 2.46. The zero-order valence-electron chi connectivity index (χ0n) is 7.72. The third-order valence-electron chi connectivity index (χ3n) is 1.76. The van der Waals surface area contributed by atoms with Crippen molar-refractivity contribution >= 4 is 0 Å². The van der Waals surface area contributed by atoms with Gasteiger partial charge in [-0.1, -0.05) is 24.3 Å². The lowest BCUT2D eigenvalue weighted by molar-refractivity contribution is 0.644. The molecule has 1 aromatic rings. The molecule has 1 nitrogen and oxygen atoms in total. The minimum absolute atomic E-state index is 0.726. The van der Waals surface area contributed by atoms with Crippen molar-refractivity contribution in [3.8, 4) is 0 Å². The Labute approximate surface area is 63.9 Å². The summed E-state index contributed by atoms with van der Waals surface area (Å²) in [6.07, 6.45) is 0.926. The van der Waals surface area contributed by atoms with E-state index in [1.165, 1.54) is 0 Å². The number of hydrogen-bond acceptors (Lipinski definition) is 1. The van der Waals surface area contributed by atoms with E-state index in [0.717, 1.165) is 24.1 Å². The maximum Gasteiger partial charge on any atom is 0.0479 e. The van der Waals surface area contributed by atoms with Crippen LogP contribution in [0.2, 0.25) is 0 Å². The van der Waals surface area contributed by atoms with E-state index < -0.39 is 6.50 Å². The van der Waals surface area contributed by atoms with Gasteiger partial charge in [0.05, 0.1) is 0 Å². The standard InChI is InChI=1S/C9H11N/c1-2-4-9-7-10-6-5-8(9)3-1/h1-4,10H,5-7H2/i7D2. The van der Waals surface area contributed by atoms with E-state index in [4.69, 9.17) is 2.74 Å². The SMILES string of the molecule is [2H]C1([2H])NCCc2ccccc21. The van der Waals surface area contributed by atoms with E-state index >= 15 is 0 Å². The molecule has 0 saturated carbocycles. The van der Waals surface area contributed by atoms with Gasteiger partial charge in [-0.15, -0.1) is 0 Å². The van der Waals surface area contributed by atoms with Crippen LogP contribution in [0.15, 0.2) is 24.3 Å². The van der Waals surface area contributed by atoms with Crippen LogP contribution in [0.5, 0.6) is 0 Å². The van der Waals surface area contributed by atoms with Gasteiger partial charge in [-0.25, -0.2) is 0 Å². The second kappa shape index (κ2) is 2.43. The highest BCUT2D eigenvalue weighted by molar-refractivity contribution is 5.28. The van der Waals surface area contributed by atoms with Crippen molar-refractivity contribution in [3.63, 3.8) is 0 Å². The molecule has 0 atom stereocenters. The molecule has 0 unspecified atom stereocenters. The first kappa shape index (κ1) is 4.14. The fourth-order valence-electron chi connectivity index (χ4n) is 1.22. The van der Waals surface area contributed by atoms with Gasteiger partial charge in [-0.3, -0.25) is 0 Å². The molecule has 0 amide bonds.